The van der Waals surface area contributed by atoms with Gasteiger partial charge in [-0.25, -0.2) is 8.42 Å². The van der Waals surface area contributed by atoms with Gasteiger partial charge in [0.25, 0.3) is 21.8 Å². The summed E-state index contributed by atoms with van der Waals surface area (Å²) in [6.07, 6.45) is 1.14. The summed E-state index contributed by atoms with van der Waals surface area (Å²) >= 11 is 0.884. The molecule has 0 aliphatic heterocycles. The Morgan fingerprint density at radius 1 is 1.14 bits per heavy atom. The Balaban J connectivity index is 2.58. The molecular weight excluding hydrogens is 316 g/mol. The van der Waals surface area contributed by atoms with Crippen LogP contribution < -0.4 is 16.2 Å². The van der Waals surface area contributed by atoms with Crippen LogP contribution in [-0.2, 0) is 10.0 Å². The smallest absolute Gasteiger partial charge is 0.273 e. The number of carbonyl (C=O) groups is 2. The number of aromatic nitrogens is 1. The van der Waals surface area contributed by atoms with Crippen molar-refractivity contribution in [3.8, 4) is 0 Å². The van der Waals surface area contributed by atoms with E-state index in [1.54, 1.807) is 0 Å². The average molecular weight is 326 g/mol. The minimum atomic E-state index is -3.99. The summed E-state index contributed by atoms with van der Waals surface area (Å²) < 4.78 is 26.4. The second-order valence-electron chi connectivity index (χ2n) is 3.88. The van der Waals surface area contributed by atoms with Crippen molar-refractivity contribution in [3.63, 3.8) is 0 Å². The maximum atomic E-state index is 12.2. The number of hydrogen-bond acceptors (Lipinski definition) is 6. The van der Waals surface area contributed by atoms with Crippen molar-refractivity contribution in [3.05, 3.63) is 41.0 Å². The van der Waals surface area contributed by atoms with E-state index < -0.39 is 21.8 Å². The Morgan fingerprint density at radius 2 is 1.71 bits per heavy atom. The van der Waals surface area contributed by atoms with Gasteiger partial charge in [0, 0.05) is 0 Å². The fraction of sp³-hybridized carbons (Fsp3) is 0. The van der Waals surface area contributed by atoms with Crippen LogP contribution >= 0.6 is 11.3 Å². The number of rotatable bonds is 5. The fourth-order valence-electron chi connectivity index (χ4n) is 1.59. The first-order chi connectivity index (χ1) is 9.83. The van der Waals surface area contributed by atoms with Crippen LogP contribution in [0.15, 0.2) is 34.1 Å². The van der Waals surface area contributed by atoms with Crippen LogP contribution in [0.1, 0.15) is 20.7 Å². The molecule has 0 saturated heterocycles. The van der Waals surface area contributed by atoms with Gasteiger partial charge in [0.15, 0.2) is 4.21 Å². The number of thiazole rings is 1. The third-order valence-electron chi connectivity index (χ3n) is 2.51. The molecule has 2 rings (SSSR count). The van der Waals surface area contributed by atoms with Gasteiger partial charge < -0.3 is 11.5 Å². The van der Waals surface area contributed by atoms with Crippen molar-refractivity contribution in [2.45, 2.75) is 4.21 Å². The fourth-order valence-corrected chi connectivity index (χ4v) is 3.49. The lowest BCUT2D eigenvalue weighted by Crippen LogP contribution is -2.22. The van der Waals surface area contributed by atoms with Gasteiger partial charge in [0.1, 0.15) is 0 Å². The van der Waals surface area contributed by atoms with Crippen LogP contribution in [0, 0.1) is 0 Å². The highest BCUT2D eigenvalue weighted by molar-refractivity contribution is 7.94. The molecule has 0 aliphatic carbocycles. The van der Waals surface area contributed by atoms with Crippen LogP contribution in [0.2, 0.25) is 0 Å². The number of nitrogens with one attached hydrogen (secondary N) is 1. The highest BCUT2D eigenvalue weighted by Crippen LogP contribution is 2.25. The summed E-state index contributed by atoms with van der Waals surface area (Å²) in [7, 11) is -3.99. The molecule has 0 atom stereocenters. The summed E-state index contributed by atoms with van der Waals surface area (Å²) in [4.78, 5) is 26.5. The standard InChI is InChI=1S/C11H10N4O4S2/c12-10(16)6-2-1-3-7(11(13)17)9(6)15-21(18,19)8-4-14-5-20-8/h1-5,15H,(H2,12,16)(H2,13,17). The molecule has 0 unspecified atom stereocenters. The predicted molar refractivity (Wildman–Crippen MR) is 76.4 cm³/mol. The minimum absolute atomic E-state index is 0.0720. The zero-order chi connectivity index (χ0) is 15.6. The van der Waals surface area contributed by atoms with Crippen LogP contribution in [-0.4, -0.2) is 25.2 Å². The number of benzene rings is 1. The molecule has 0 fully saturated rings. The lowest BCUT2D eigenvalue weighted by Gasteiger charge is -2.12. The largest absolute Gasteiger partial charge is 0.366 e. The maximum Gasteiger partial charge on any atom is 0.273 e. The molecule has 110 valence electrons. The summed E-state index contributed by atoms with van der Waals surface area (Å²) in [5.41, 5.74) is 11.2. The van der Waals surface area contributed by atoms with E-state index in [2.05, 4.69) is 9.71 Å². The van der Waals surface area contributed by atoms with Gasteiger partial charge in [-0.3, -0.25) is 19.3 Å². The number of carbonyl (C=O) groups excluding carboxylic acids is 2. The maximum absolute atomic E-state index is 12.2. The number of hydrogen-bond donors (Lipinski definition) is 3. The summed E-state index contributed by atoms with van der Waals surface area (Å²) in [5, 5.41) is 0. The third-order valence-corrected chi connectivity index (χ3v) is 5.13. The predicted octanol–water partition coefficient (Wildman–Crippen LogP) is 0.142. The Bertz CT molecular complexity index is 767. The van der Waals surface area contributed by atoms with Crippen LogP contribution in [0.4, 0.5) is 5.69 Å². The normalized spacial score (nSPS) is 11.0. The molecule has 2 aromatic rings. The summed E-state index contributed by atoms with van der Waals surface area (Å²) in [6, 6.07) is 3.96. The molecule has 1 aromatic carbocycles. The third kappa shape index (κ3) is 3.01. The van der Waals surface area contributed by atoms with E-state index >= 15 is 0 Å². The van der Waals surface area contributed by atoms with E-state index in [4.69, 9.17) is 11.5 Å². The van der Waals surface area contributed by atoms with Crippen molar-refractivity contribution in [1.82, 2.24) is 4.98 Å². The number of anilines is 1. The molecule has 5 N–H and O–H groups in total. The Labute approximate surface area is 123 Å². The zero-order valence-electron chi connectivity index (χ0n) is 10.4. The van der Waals surface area contributed by atoms with Gasteiger partial charge in [0.2, 0.25) is 0 Å². The molecule has 0 radical (unpaired) electrons. The molecule has 0 spiro atoms. The second-order valence-corrected chi connectivity index (χ2v) is 6.68. The highest BCUT2D eigenvalue weighted by atomic mass is 32.2. The number of nitrogens with two attached hydrogens (primary N) is 2. The topological polar surface area (TPSA) is 145 Å². The highest BCUT2D eigenvalue weighted by Gasteiger charge is 2.23. The first kappa shape index (κ1) is 14.9. The SMILES string of the molecule is NC(=O)c1cccc(C(N)=O)c1NS(=O)(=O)c1cncs1. The molecule has 0 saturated carbocycles. The lowest BCUT2D eigenvalue weighted by molar-refractivity contribution is 0.0999. The molecule has 2 amide bonds. The molecule has 8 nitrogen and oxygen atoms in total. The van der Waals surface area contributed by atoms with Gasteiger partial charge in [-0.1, -0.05) is 6.07 Å². The van der Waals surface area contributed by atoms with E-state index in [0.29, 0.717) is 0 Å². The molecule has 10 heteroatoms. The summed E-state index contributed by atoms with van der Waals surface area (Å²) in [6.45, 7) is 0. The zero-order valence-corrected chi connectivity index (χ0v) is 12.1. The second kappa shape index (κ2) is 5.50. The van der Waals surface area contributed by atoms with Crippen molar-refractivity contribution in [2.24, 2.45) is 11.5 Å². The number of amides is 2. The molecule has 1 aromatic heterocycles. The quantitative estimate of drug-likeness (QED) is 0.715. The molecular formula is C11H10N4O4S2. The van der Waals surface area contributed by atoms with Crippen molar-refractivity contribution in [1.29, 1.82) is 0 Å². The molecule has 0 aliphatic rings. The first-order valence-electron chi connectivity index (χ1n) is 5.47. The van der Waals surface area contributed by atoms with E-state index in [0.717, 1.165) is 17.5 Å². The average Bonchev–Trinajstić information content (AvgIpc) is 2.92. The van der Waals surface area contributed by atoms with E-state index in [-0.39, 0.29) is 21.0 Å². The monoisotopic (exact) mass is 326 g/mol. The van der Waals surface area contributed by atoms with Gasteiger partial charge in [-0.2, -0.15) is 0 Å². The Morgan fingerprint density at radius 3 is 2.14 bits per heavy atom. The van der Waals surface area contributed by atoms with E-state index in [1.807, 2.05) is 0 Å². The van der Waals surface area contributed by atoms with E-state index in [9.17, 15) is 18.0 Å². The Kier molecular flexibility index (Phi) is 3.91. The van der Waals surface area contributed by atoms with Crippen molar-refractivity contribution in [2.75, 3.05) is 4.72 Å². The van der Waals surface area contributed by atoms with Crippen LogP contribution in [0.25, 0.3) is 0 Å². The number of para-hydroxylation sites is 1. The van der Waals surface area contributed by atoms with Crippen LogP contribution in [0.3, 0.4) is 0 Å². The van der Waals surface area contributed by atoms with E-state index in [1.165, 1.54) is 23.7 Å². The molecule has 1 heterocycles. The van der Waals surface area contributed by atoms with Crippen molar-refractivity contribution >= 4 is 38.9 Å². The Hall–Kier alpha value is -2.46. The lowest BCUT2D eigenvalue weighted by atomic mass is 10.1. The van der Waals surface area contributed by atoms with Crippen LogP contribution in [0.5, 0.6) is 0 Å². The van der Waals surface area contributed by atoms with Gasteiger partial charge in [0.05, 0.1) is 28.5 Å². The van der Waals surface area contributed by atoms with Crippen molar-refractivity contribution < 1.29 is 18.0 Å². The van der Waals surface area contributed by atoms with Gasteiger partial charge in [-0.05, 0) is 12.1 Å². The summed E-state index contributed by atoms with van der Waals surface area (Å²) in [5.74, 6) is -1.78. The minimum Gasteiger partial charge on any atom is -0.366 e. The first-order valence-corrected chi connectivity index (χ1v) is 7.83. The number of nitrogens with zero attached hydrogens (tertiary/aromatic N) is 1. The number of sulfonamides is 1. The van der Waals surface area contributed by atoms with Gasteiger partial charge >= 0.3 is 0 Å². The van der Waals surface area contributed by atoms with Gasteiger partial charge in [-0.15, -0.1) is 11.3 Å². The molecule has 0 bridgehead atoms. The molecule has 21 heavy (non-hydrogen) atoms. The number of primary amides is 2.